The lowest BCUT2D eigenvalue weighted by atomic mass is 9.99. The van der Waals surface area contributed by atoms with Crippen molar-refractivity contribution in [2.45, 2.75) is 12.8 Å². The Labute approximate surface area is 140 Å². The first-order chi connectivity index (χ1) is 11.5. The number of aryl methyl sites for hydroxylation is 2. The van der Waals surface area contributed by atoms with Crippen LogP contribution in [0.25, 0.3) is 11.1 Å². The summed E-state index contributed by atoms with van der Waals surface area (Å²) in [6, 6.07) is 18.3. The minimum absolute atomic E-state index is 0.173. The van der Waals surface area contributed by atoms with E-state index < -0.39 is 0 Å². The lowest BCUT2D eigenvalue weighted by Crippen LogP contribution is -1.93. The number of benzene rings is 3. The Morgan fingerprint density at radius 3 is 1.79 bits per heavy atom. The maximum absolute atomic E-state index is 9.74. The van der Waals surface area contributed by atoms with E-state index in [-0.39, 0.29) is 22.9 Å². The number of nitrogens with two attached hydrogens (primary N) is 1. The Morgan fingerprint density at radius 2 is 1.21 bits per heavy atom. The first kappa shape index (κ1) is 15.7. The summed E-state index contributed by atoms with van der Waals surface area (Å²) < 4.78 is 0. The molecule has 24 heavy (non-hydrogen) atoms. The van der Waals surface area contributed by atoms with Crippen LogP contribution in [0.5, 0.6) is 17.2 Å². The fourth-order valence-electron chi connectivity index (χ4n) is 2.65. The van der Waals surface area contributed by atoms with E-state index in [1.54, 1.807) is 18.2 Å². The van der Waals surface area contributed by atoms with Crippen molar-refractivity contribution in [1.29, 1.82) is 0 Å². The monoisotopic (exact) mass is 321 g/mol. The molecule has 0 saturated carbocycles. The molecule has 0 fully saturated rings. The highest BCUT2D eigenvalue weighted by atomic mass is 16.3. The first-order valence-corrected chi connectivity index (χ1v) is 7.72. The molecule has 0 bridgehead atoms. The van der Waals surface area contributed by atoms with Crippen molar-refractivity contribution in [2.24, 2.45) is 0 Å². The summed E-state index contributed by atoms with van der Waals surface area (Å²) in [7, 11) is 0. The van der Waals surface area contributed by atoms with Gasteiger partial charge in [0.1, 0.15) is 5.75 Å². The van der Waals surface area contributed by atoms with Crippen LogP contribution in [0.2, 0.25) is 0 Å². The van der Waals surface area contributed by atoms with E-state index in [9.17, 15) is 15.3 Å². The van der Waals surface area contributed by atoms with E-state index in [4.69, 9.17) is 5.73 Å². The molecule has 0 amide bonds. The highest BCUT2D eigenvalue weighted by Crippen LogP contribution is 2.38. The summed E-state index contributed by atoms with van der Waals surface area (Å²) in [5, 5.41) is 28.5. The SMILES string of the molecule is Nc1c(-c2ccc(CCc3ccc(O)cc3)cc2)ccc(O)c1O. The van der Waals surface area contributed by atoms with Crippen molar-refractivity contribution < 1.29 is 15.3 Å². The first-order valence-electron chi connectivity index (χ1n) is 7.72. The third kappa shape index (κ3) is 3.27. The molecule has 5 N–H and O–H groups in total. The molecule has 3 aromatic rings. The molecule has 3 rings (SSSR count). The molecule has 4 heteroatoms. The van der Waals surface area contributed by atoms with Gasteiger partial charge in [0.15, 0.2) is 11.5 Å². The van der Waals surface area contributed by atoms with Gasteiger partial charge in [0.2, 0.25) is 0 Å². The fourth-order valence-corrected chi connectivity index (χ4v) is 2.65. The molecule has 0 atom stereocenters. The number of nitrogen functional groups attached to an aromatic ring is 1. The number of rotatable bonds is 4. The topological polar surface area (TPSA) is 86.7 Å². The van der Waals surface area contributed by atoms with Gasteiger partial charge in [-0.1, -0.05) is 36.4 Å². The second-order valence-electron chi connectivity index (χ2n) is 5.76. The molecule has 0 aliphatic carbocycles. The van der Waals surface area contributed by atoms with Crippen LogP contribution < -0.4 is 5.73 Å². The summed E-state index contributed by atoms with van der Waals surface area (Å²) >= 11 is 0. The molecule has 3 aromatic carbocycles. The van der Waals surface area contributed by atoms with Crippen molar-refractivity contribution in [3.63, 3.8) is 0 Å². The van der Waals surface area contributed by atoms with Gasteiger partial charge in [-0.3, -0.25) is 0 Å². The predicted octanol–water partition coefficient (Wildman–Crippen LogP) is 3.84. The molecule has 4 nitrogen and oxygen atoms in total. The van der Waals surface area contributed by atoms with Gasteiger partial charge in [0, 0.05) is 5.56 Å². The zero-order chi connectivity index (χ0) is 17.1. The van der Waals surface area contributed by atoms with Gasteiger partial charge in [-0.2, -0.15) is 0 Å². The van der Waals surface area contributed by atoms with Crippen LogP contribution in [-0.4, -0.2) is 15.3 Å². The minimum atomic E-state index is -0.288. The summed E-state index contributed by atoms with van der Waals surface area (Å²) in [5.41, 5.74) is 9.98. The Hall–Kier alpha value is -3.14. The van der Waals surface area contributed by atoms with Crippen LogP contribution in [0.15, 0.2) is 60.7 Å². The van der Waals surface area contributed by atoms with E-state index in [0.29, 0.717) is 5.56 Å². The largest absolute Gasteiger partial charge is 0.508 e. The van der Waals surface area contributed by atoms with Gasteiger partial charge in [-0.25, -0.2) is 0 Å². The Balaban J connectivity index is 1.74. The fraction of sp³-hybridized carbons (Fsp3) is 0.100. The van der Waals surface area contributed by atoms with Gasteiger partial charge in [-0.05, 0) is 53.8 Å². The lowest BCUT2D eigenvalue weighted by molar-refractivity contribution is 0.406. The number of anilines is 1. The van der Waals surface area contributed by atoms with E-state index in [0.717, 1.165) is 18.4 Å². The molecule has 0 spiro atoms. The normalized spacial score (nSPS) is 10.7. The number of phenols is 3. The smallest absolute Gasteiger partial charge is 0.181 e. The van der Waals surface area contributed by atoms with Crippen molar-refractivity contribution in [3.8, 4) is 28.4 Å². The van der Waals surface area contributed by atoms with Crippen LogP contribution in [0.3, 0.4) is 0 Å². The Bertz CT molecular complexity index is 840. The molecule has 0 aliphatic heterocycles. The summed E-state index contributed by atoms with van der Waals surface area (Å²) in [5.74, 6) is -0.233. The number of aromatic hydroxyl groups is 3. The van der Waals surface area contributed by atoms with Gasteiger partial charge >= 0.3 is 0 Å². The summed E-state index contributed by atoms with van der Waals surface area (Å²) in [4.78, 5) is 0. The second kappa shape index (κ2) is 6.54. The Kier molecular flexibility index (Phi) is 4.29. The number of hydrogen-bond donors (Lipinski definition) is 4. The van der Waals surface area contributed by atoms with Crippen molar-refractivity contribution in [2.75, 3.05) is 5.73 Å². The zero-order valence-electron chi connectivity index (χ0n) is 13.1. The molecular weight excluding hydrogens is 302 g/mol. The van der Waals surface area contributed by atoms with Gasteiger partial charge in [0.05, 0.1) is 5.69 Å². The van der Waals surface area contributed by atoms with Crippen LogP contribution >= 0.6 is 0 Å². The third-order valence-corrected chi connectivity index (χ3v) is 4.10. The second-order valence-corrected chi connectivity index (χ2v) is 5.76. The maximum Gasteiger partial charge on any atom is 0.181 e. The molecular formula is C20H19NO3. The maximum atomic E-state index is 9.74. The molecule has 0 unspecified atom stereocenters. The van der Waals surface area contributed by atoms with Crippen LogP contribution in [0, 0.1) is 0 Å². The number of hydrogen-bond acceptors (Lipinski definition) is 4. The standard InChI is InChI=1S/C20H19NO3/c21-19-17(11-12-18(23)20(19)24)15-7-3-13(4-8-15)1-2-14-5-9-16(22)10-6-14/h3-12,22-24H,1-2,21H2. The van der Waals surface area contributed by atoms with Crippen molar-refractivity contribution in [1.82, 2.24) is 0 Å². The molecule has 0 aliphatic rings. The van der Waals surface area contributed by atoms with Gasteiger partial charge < -0.3 is 21.1 Å². The van der Waals surface area contributed by atoms with Crippen LogP contribution in [0.1, 0.15) is 11.1 Å². The van der Waals surface area contributed by atoms with E-state index >= 15 is 0 Å². The molecule has 122 valence electrons. The van der Waals surface area contributed by atoms with Crippen LogP contribution in [-0.2, 0) is 12.8 Å². The lowest BCUT2D eigenvalue weighted by Gasteiger charge is -2.10. The van der Waals surface area contributed by atoms with E-state index in [2.05, 4.69) is 0 Å². The van der Waals surface area contributed by atoms with Gasteiger partial charge in [-0.15, -0.1) is 0 Å². The molecule has 0 heterocycles. The minimum Gasteiger partial charge on any atom is -0.508 e. The average molecular weight is 321 g/mol. The van der Waals surface area contributed by atoms with Gasteiger partial charge in [0.25, 0.3) is 0 Å². The molecule has 0 saturated heterocycles. The Morgan fingerprint density at radius 1 is 0.667 bits per heavy atom. The summed E-state index contributed by atoms with van der Waals surface area (Å²) in [6.45, 7) is 0. The van der Waals surface area contributed by atoms with Crippen molar-refractivity contribution in [3.05, 3.63) is 71.8 Å². The highest BCUT2D eigenvalue weighted by Gasteiger charge is 2.10. The van der Waals surface area contributed by atoms with Crippen LogP contribution in [0.4, 0.5) is 5.69 Å². The summed E-state index contributed by atoms with van der Waals surface area (Å²) in [6.07, 6.45) is 1.78. The zero-order valence-corrected chi connectivity index (χ0v) is 13.1. The van der Waals surface area contributed by atoms with E-state index in [1.165, 1.54) is 17.2 Å². The predicted molar refractivity (Wildman–Crippen MR) is 95.1 cm³/mol. The highest BCUT2D eigenvalue weighted by molar-refractivity contribution is 5.82. The molecule has 0 radical (unpaired) electrons. The molecule has 0 aromatic heterocycles. The van der Waals surface area contributed by atoms with Crippen molar-refractivity contribution >= 4 is 5.69 Å². The average Bonchev–Trinajstić information content (AvgIpc) is 2.60. The quantitative estimate of drug-likeness (QED) is 0.434. The number of phenolic OH excluding ortho intramolecular Hbond substituents is 3. The van der Waals surface area contributed by atoms with E-state index in [1.807, 2.05) is 36.4 Å². The third-order valence-electron chi connectivity index (χ3n) is 4.10.